The number of nitrogens with one attached hydrogen (secondary N) is 2. The summed E-state index contributed by atoms with van der Waals surface area (Å²) in [5.41, 5.74) is 5.64. The van der Waals surface area contributed by atoms with Gasteiger partial charge >= 0.3 is 11.9 Å². The molecule has 1 aliphatic rings. The van der Waals surface area contributed by atoms with Crippen LogP contribution in [0.3, 0.4) is 0 Å². The highest BCUT2D eigenvalue weighted by atomic mass is 16.4. The van der Waals surface area contributed by atoms with Gasteiger partial charge in [0.25, 0.3) is 0 Å². The number of rotatable bonds is 10. The van der Waals surface area contributed by atoms with E-state index in [0.717, 1.165) is 11.8 Å². The third kappa shape index (κ3) is 6.64. The molecule has 1 aliphatic heterocycles. The number of aliphatic carboxylic acids is 2. The number of aliphatic hydroxyl groups excluding tert-OH is 2. The number of aliphatic hydroxyl groups is 2. The molecule has 13 nitrogen and oxygen atoms in total. The Balaban J connectivity index is 2.94. The van der Waals surface area contributed by atoms with E-state index in [1.165, 1.54) is 6.92 Å². The van der Waals surface area contributed by atoms with Gasteiger partial charge in [-0.05, 0) is 26.7 Å². The van der Waals surface area contributed by atoms with Crippen molar-refractivity contribution in [2.75, 3.05) is 6.54 Å². The molecule has 30 heavy (non-hydrogen) atoms. The van der Waals surface area contributed by atoms with Gasteiger partial charge in [-0.15, -0.1) is 0 Å². The second-order valence-corrected chi connectivity index (χ2v) is 7.18. The minimum Gasteiger partial charge on any atom is -0.481 e. The number of hydrogen-bond acceptors (Lipinski definition) is 8. The van der Waals surface area contributed by atoms with Crippen LogP contribution in [0, 0.1) is 0 Å². The van der Waals surface area contributed by atoms with Crippen LogP contribution >= 0.6 is 0 Å². The fraction of sp³-hybridized carbons (Fsp3) is 0.706. The maximum absolute atomic E-state index is 12.7. The molecule has 13 heteroatoms. The van der Waals surface area contributed by atoms with Gasteiger partial charge in [0.1, 0.15) is 18.1 Å². The normalized spacial score (nSPS) is 21.1. The highest BCUT2D eigenvalue weighted by Crippen LogP contribution is 2.19. The molecule has 1 fully saturated rings. The molecular formula is C17H28N4O9. The Morgan fingerprint density at radius 2 is 1.67 bits per heavy atom. The smallest absolute Gasteiger partial charge is 0.328 e. The van der Waals surface area contributed by atoms with E-state index in [0.29, 0.717) is 6.42 Å². The van der Waals surface area contributed by atoms with E-state index in [4.69, 9.17) is 15.9 Å². The lowest BCUT2D eigenvalue weighted by Crippen LogP contribution is -2.58. The number of hydrogen-bond donors (Lipinski definition) is 7. The average molecular weight is 432 g/mol. The van der Waals surface area contributed by atoms with Crippen molar-refractivity contribution in [2.45, 2.75) is 69.5 Å². The fourth-order valence-electron chi connectivity index (χ4n) is 3.00. The van der Waals surface area contributed by atoms with Crippen molar-refractivity contribution in [1.29, 1.82) is 0 Å². The van der Waals surface area contributed by atoms with Crippen LogP contribution in [0.2, 0.25) is 0 Å². The Hall–Kier alpha value is -2.77. The second-order valence-electron chi connectivity index (χ2n) is 7.18. The Morgan fingerprint density at radius 1 is 1.07 bits per heavy atom. The topological polar surface area (TPSA) is 220 Å². The van der Waals surface area contributed by atoms with E-state index < -0.39 is 72.5 Å². The highest BCUT2D eigenvalue weighted by molar-refractivity contribution is 5.96. The standard InChI is InChI=1S/C17H28N4O9/c1-7(22)12(18)16(28)21-5-3-4-10(21)15(27)19-9(6-11(24)25)14(26)20-13(8(2)23)17(29)30/h7-10,12-13,22-23H,3-6,18H2,1-2H3,(H,19,27)(H,20,26)(H,24,25)(H,29,30). The van der Waals surface area contributed by atoms with Gasteiger partial charge in [0, 0.05) is 6.54 Å². The summed E-state index contributed by atoms with van der Waals surface area (Å²) in [6.45, 7) is 2.63. The molecule has 1 saturated heterocycles. The van der Waals surface area contributed by atoms with Gasteiger partial charge < -0.3 is 41.7 Å². The lowest BCUT2D eigenvalue weighted by atomic mass is 10.1. The monoisotopic (exact) mass is 432 g/mol. The lowest BCUT2D eigenvalue weighted by molar-refractivity contribution is -0.146. The third-order valence-corrected chi connectivity index (χ3v) is 4.70. The molecule has 170 valence electrons. The molecule has 1 heterocycles. The molecule has 6 unspecified atom stereocenters. The fourth-order valence-corrected chi connectivity index (χ4v) is 3.00. The molecule has 0 aromatic carbocycles. The summed E-state index contributed by atoms with van der Waals surface area (Å²) in [5, 5.41) is 41.3. The molecule has 3 amide bonds. The Labute approximate surface area is 172 Å². The van der Waals surface area contributed by atoms with Gasteiger partial charge in [0.15, 0.2) is 6.04 Å². The van der Waals surface area contributed by atoms with Gasteiger partial charge in [0.05, 0.1) is 18.6 Å². The van der Waals surface area contributed by atoms with Crippen molar-refractivity contribution in [3.63, 3.8) is 0 Å². The third-order valence-electron chi connectivity index (χ3n) is 4.70. The minimum atomic E-state index is -1.71. The van der Waals surface area contributed by atoms with Crippen LogP contribution in [0.1, 0.15) is 33.1 Å². The van der Waals surface area contributed by atoms with Crippen LogP contribution in [0.4, 0.5) is 0 Å². The van der Waals surface area contributed by atoms with Gasteiger partial charge in [0.2, 0.25) is 17.7 Å². The molecule has 0 aromatic rings. The molecule has 6 atom stereocenters. The first kappa shape index (κ1) is 25.3. The number of amides is 3. The molecule has 1 rings (SSSR count). The first-order valence-electron chi connectivity index (χ1n) is 9.34. The van der Waals surface area contributed by atoms with E-state index in [9.17, 15) is 34.2 Å². The molecule has 0 spiro atoms. The summed E-state index contributed by atoms with van der Waals surface area (Å²) < 4.78 is 0. The summed E-state index contributed by atoms with van der Waals surface area (Å²) in [5.74, 6) is -5.57. The first-order chi connectivity index (χ1) is 13.9. The number of nitrogens with two attached hydrogens (primary N) is 1. The zero-order valence-electron chi connectivity index (χ0n) is 16.6. The number of carbonyl (C=O) groups excluding carboxylic acids is 3. The molecule has 8 N–H and O–H groups in total. The zero-order valence-corrected chi connectivity index (χ0v) is 16.6. The number of likely N-dealkylation sites (tertiary alicyclic amines) is 1. The van der Waals surface area contributed by atoms with E-state index >= 15 is 0 Å². The molecular weight excluding hydrogens is 404 g/mol. The van der Waals surface area contributed by atoms with Crippen molar-refractivity contribution in [3.8, 4) is 0 Å². The first-order valence-corrected chi connectivity index (χ1v) is 9.34. The molecule has 0 aromatic heterocycles. The van der Waals surface area contributed by atoms with Crippen molar-refractivity contribution < 1.29 is 44.4 Å². The van der Waals surface area contributed by atoms with Crippen LogP contribution in [0.25, 0.3) is 0 Å². The maximum atomic E-state index is 12.7. The number of carbonyl (C=O) groups is 5. The van der Waals surface area contributed by atoms with Crippen LogP contribution in [-0.4, -0.2) is 97.9 Å². The molecule has 0 radical (unpaired) electrons. The van der Waals surface area contributed by atoms with Crippen molar-refractivity contribution in [2.24, 2.45) is 5.73 Å². The van der Waals surface area contributed by atoms with E-state index in [2.05, 4.69) is 5.32 Å². The molecule has 0 saturated carbocycles. The highest BCUT2D eigenvalue weighted by Gasteiger charge is 2.39. The quantitative estimate of drug-likeness (QED) is 0.181. The van der Waals surface area contributed by atoms with Gasteiger partial charge in [-0.1, -0.05) is 0 Å². The largest absolute Gasteiger partial charge is 0.481 e. The Kier molecular flexibility index (Phi) is 9.14. The van der Waals surface area contributed by atoms with Crippen molar-refractivity contribution >= 4 is 29.7 Å². The van der Waals surface area contributed by atoms with E-state index in [1.807, 2.05) is 5.32 Å². The molecule has 0 bridgehead atoms. The lowest BCUT2D eigenvalue weighted by Gasteiger charge is -2.29. The van der Waals surface area contributed by atoms with Crippen LogP contribution in [-0.2, 0) is 24.0 Å². The Bertz CT molecular complexity index is 682. The van der Waals surface area contributed by atoms with Gasteiger partial charge in [-0.2, -0.15) is 0 Å². The number of carboxylic acids is 2. The maximum Gasteiger partial charge on any atom is 0.328 e. The SMILES string of the molecule is CC(O)C(N)C(=O)N1CCCC1C(=O)NC(CC(=O)O)C(=O)NC(C(=O)O)C(C)O. The predicted octanol–water partition coefficient (Wildman–Crippen LogP) is -3.40. The summed E-state index contributed by atoms with van der Waals surface area (Å²) in [7, 11) is 0. The summed E-state index contributed by atoms with van der Waals surface area (Å²) in [6.07, 6.45) is -2.79. The molecule has 0 aliphatic carbocycles. The minimum absolute atomic E-state index is 0.191. The zero-order chi connectivity index (χ0) is 23.2. The van der Waals surface area contributed by atoms with Gasteiger partial charge in [-0.25, -0.2) is 4.79 Å². The number of carboxylic acid groups (broad SMARTS) is 2. The van der Waals surface area contributed by atoms with Gasteiger partial charge in [-0.3, -0.25) is 19.2 Å². The van der Waals surface area contributed by atoms with Crippen LogP contribution in [0.5, 0.6) is 0 Å². The second kappa shape index (κ2) is 10.8. The van der Waals surface area contributed by atoms with E-state index in [-0.39, 0.29) is 13.0 Å². The van der Waals surface area contributed by atoms with Crippen molar-refractivity contribution in [1.82, 2.24) is 15.5 Å². The summed E-state index contributed by atoms with van der Waals surface area (Å²) in [6, 6.07) is -5.63. The Morgan fingerprint density at radius 3 is 2.13 bits per heavy atom. The summed E-state index contributed by atoms with van der Waals surface area (Å²) in [4.78, 5) is 60.8. The summed E-state index contributed by atoms with van der Waals surface area (Å²) >= 11 is 0. The van der Waals surface area contributed by atoms with E-state index in [1.54, 1.807) is 0 Å². The average Bonchev–Trinajstić information content (AvgIpc) is 3.12. The predicted molar refractivity (Wildman–Crippen MR) is 99.8 cm³/mol. The number of nitrogens with zero attached hydrogens (tertiary/aromatic N) is 1. The van der Waals surface area contributed by atoms with Crippen molar-refractivity contribution in [3.05, 3.63) is 0 Å². The van der Waals surface area contributed by atoms with Crippen LogP contribution < -0.4 is 16.4 Å². The van der Waals surface area contributed by atoms with Crippen LogP contribution in [0.15, 0.2) is 0 Å².